The van der Waals surface area contributed by atoms with Gasteiger partial charge in [0, 0.05) is 17.9 Å². The van der Waals surface area contributed by atoms with Gasteiger partial charge < -0.3 is 36.0 Å². The van der Waals surface area contributed by atoms with Crippen molar-refractivity contribution in [3.05, 3.63) is 24.3 Å². The molecule has 0 aliphatic rings. The Balaban J connectivity index is 2.61. The van der Waals surface area contributed by atoms with Crippen molar-refractivity contribution in [1.29, 1.82) is 0 Å². The zero-order valence-electron chi connectivity index (χ0n) is 16.4. The summed E-state index contributed by atoms with van der Waals surface area (Å²) in [4.78, 5) is 45.7. The second-order valence-electron chi connectivity index (χ2n) is 6.09. The molecule has 0 aliphatic heterocycles. The Morgan fingerprint density at radius 3 is 2.40 bits per heavy atom. The molecule has 0 radical (unpaired) electrons. The van der Waals surface area contributed by atoms with E-state index in [1.165, 1.54) is 0 Å². The molecule has 0 aromatic heterocycles. The number of aliphatic carboxylic acids is 2. The summed E-state index contributed by atoms with van der Waals surface area (Å²) in [5.41, 5.74) is 6.11. The van der Waals surface area contributed by atoms with Gasteiger partial charge in [0.05, 0.1) is 6.61 Å². The summed E-state index contributed by atoms with van der Waals surface area (Å²) in [5.74, 6) is -2.88. The van der Waals surface area contributed by atoms with E-state index in [0.29, 0.717) is 12.4 Å². The maximum atomic E-state index is 12.2. The molecule has 1 rings (SSSR count). The lowest BCUT2D eigenvalue weighted by molar-refractivity contribution is -0.139. The summed E-state index contributed by atoms with van der Waals surface area (Å²) < 4.78 is 8.37. The molecule has 2 atom stereocenters. The van der Waals surface area contributed by atoms with E-state index in [2.05, 4.69) is 15.4 Å². The normalized spacial score (nSPS) is 12.3. The summed E-state index contributed by atoms with van der Waals surface area (Å²) in [6.45, 7) is 1.83. The van der Waals surface area contributed by atoms with Crippen LogP contribution in [-0.4, -0.2) is 65.0 Å². The van der Waals surface area contributed by atoms with Gasteiger partial charge in [-0.25, -0.2) is 0 Å². The average molecular weight is 442 g/mol. The van der Waals surface area contributed by atoms with Crippen LogP contribution < -0.4 is 25.8 Å². The number of benzene rings is 1. The molecule has 30 heavy (non-hydrogen) atoms. The Morgan fingerprint density at radius 2 is 1.83 bits per heavy atom. The topological polar surface area (TPSA) is 180 Å². The molecule has 0 spiro atoms. The van der Waals surface area contributed by atoms with Crippen LogP contribution in [0.4, 0.5) is 5.69 Å². The van der Waals surface area contributed by atoms with Crippen LogP contribution in [0.2, 0.25) is 0 Å². The van der Waals surface area contributed by atoms with Gasteiger partial charge in [0.2, 0.25) is 11.8 Å². The van der Waals surface area contributed by atoms with Crippen LogP contribution in [0.25, 0.3) is 0 Å². The Morgan fingerprint density at radius 1 is 1.17 bits per heavy atom. The number of amides is 2. The number of carboxylic acids is 2. The summed E-state index contributed by atoms with van der Waals surface area (Å²) in [5, 5.41) is 22.2. The summed E-state index contributed by atoms with van der Waals surface area (Å²) in [7, 11) is 0. The van der Waals surface area contributed by atoms with Crippen LogP contribution in [0.3, 0.4) is 0 Å². The summed E-state index contributed by atoms with van der Waals surface area (Å²) in [6, 6.07) is 4.89. The van der Waals surface area contributed by atoms with E-state index >= 15 is 0 Å². The molecule has 2 amide bonds. The lowest BCUT2D eigenvalue weighted by atomic mass is 10.1. The van der Waals surface area contributed by atoms with Gasteiger partial charge in [-0.1, -0.05) is 0 Å². The van der Waals surface area contributed by atoms with E-state index in [1.807, 2.05) is 6.92 Å². The number of anilines is 1. The lowest BCUT2D eigenvalue weighted by Crippen LogP contribution is -2.49. The number of nitrogens with two attached hydrogens (primary N) is 1. The van der Waals surface area contributed by atoms with Crippen LogP contribution in [-0.2, 0) is 19.2 Å². The number of rotatable bonds is 14. The molecule has 1 aromatic rings. The van der Waals surface area contributed by atoms with Crippen LogP contribution in [0.1, 0.15) is 19.8 Å². The molecule has 166 valence electrons. The van der Waals surface area contributed by atoms with Gasteiger partial charge in [0.1, 0.15) is 24.4 Å². The van der Waals surface area contributed by atoms with Gasteiger partial charge in [-0.05, 0) is 49.6 Å². The zero-order valence-corrected chi connectivity index (χ0v) is 17.2. The van der Waals surface area contributed by atoms with Crippen LogP contribution in [0.5, 0.6) is 5.75 Å². The number of hydrogen-bond acceptors (Lipinski definition) is 8. The zero-order chi connectivity index (χ0) is 22.5. The highest BCUT2D eigenvalue weighted by molar-refractivity contribution is 8.00. The quantitative estimate of drug-likeness (QED) is 0.215. The molecule has 1 aromatic carbocycles. The Bertz CT molecular complexity index is 730. The van der Waals surface area contributed by atoms with Gasteiger partial charge in [0.25, 0.3) is 0 Å². The molecule has 0 heterocycles. The van der Waals surface area contributed by atoms with Crippen molar-refractivity contribution in [2.45, 2.75) is 31.8 Å². The maximum absolute atomic E-state index is 12.2. The highest BCUT2D eigenvalue weighted by Gasteiger charge is 2.22. The number of carbonyl (C=O) groups is 4. The second-order valence-corrected chi connectivity index (χ2v) is 6.91. The second kappa shape index (κ2) is 13.3. The van der Waals surface area contributed by atoms with Crippen molar-refractivity contribution in [3.8, 4) is 5.75 Å². The van der Waals surface area contributed by atoms with Crippen LogP contribution in [0, 0.1) is 0 Å². The van der Waals surface area contributed by atoms with Gasteiger partial charge in [-0.15, -0.1) is 0 Å². The first-order valence-electron chi connectivity index (χ1n) is 9.10. The van der Waals surface area contributed by atoms with E-state index in [1.54, 1.807) is 24.3 Å². The fraction of sp³-hybridized carbons (Fsp3) is 0.444. The van der Waals surface area contributed by atoms with Gasteiger partial charge in [-0.3, -0.25) is 19.2 Å². The minimum atomic E-state index is -1.23. The van der Waals surface area contributed by atoms with Crippen molar-refractivity contribution in [1.82, 2.24) is 10.6 Å². The van der Waals surface area contributed by atoms with Gasteiger partial charge in [0.15, 0.2) is 0 Å². The number of nitrogens with one attached hydrogen (secondary N) is 3. The molecule has 7 N–H and O–H groups in total. The molecule has 0 unspecified atom stereocenters. The smallest absolute Gasteiger partial charge is 0.322 e. The Hall–Kier alpha value is -2.99. The fourth-order valence-electron chi connectivity index (χ4n) is 2.14. The van der Waals surface area contributed by atoms with E-state index in [-0.39, 0.29) is 18.6 Å². The first-order chi connectivity index (χ1) is 14.2. The Labute approximate surface area is 177 Å². The molecule has 0 bridgehead atoms. The third-order valence-electron chi connectivity index (χ3n) is 3.67. The van der Waals surface area contributed by atoms with Crippen LogP contribution >= 0.6 is 11.9 Å². The number of ether oxygens (including phenoxy) is 1. The van der Waals surface area contributed by atoms with Crippen molar-refractivity contribution in [3.63, 3.8) is 0 Å². The van der Waals surface area contributed by atoms with Gasteiger partial charge in [-0.2, -0.15) is 0 Å². The van der Waals surface area contributed by atoms with E-state index in [4.69, 9.17) is 20.7 Å². The number of hydrogen-bond donors (Lipinski definition) is 6. The SMILES string of the molecule is CCOc1ccc(NSC[C@H](NC(=O)CC[C@H](N)C(=O)O)C(=O)NCC(=O)O)cc1. The molecule has 12 heteroatoms. The monoisotopic (exact) mass is 442 g/mol. The number of carboxylic acid groups (broad SMARTS) is 2. The molecular formula is C18H26N4O7S. The lowest BCUT2D eigenvalue weighted by Gasteiger charge is -2.18. The predicted octanol–water partition coefficient (Wildman–Crippen LogP) is 0.0231. The first-order valence-corrected chi connectivity index (χ1v) is 10.1. The third kappa shape index (κ3) is 9.98. The molecule has 0 saturated heterocycles. The maximum Gasteiger partial charge on any atom is 0.322 e. The van der Waals surface area contributed by atoms with E-state index in [0.717, 1.165) is 17.6 Å². The largest absolute Gasteiger partial charge is 0.494 e. The molecule has 0 aliphatic carbocycles. The van der Waals surface area contributed by atoms with Crippen molar-refractivity contribution in [2.24, 2.45) is 5.73 Å². The highest BCUT2D eigenvalue weighted by Crippen LogP contribution is 2.18. The summed E-state index contributed by atoms with van der Waals surface area (Å²) in [6.07, 6.45) is -0.282. The molecule has 11 nitrogen and oxygen atoms in total. The molecule has 0 saturated carbocycles. The minimum Gasteiger partial charge on any atom is -0.494 e. The summed E-state index contributed by atoms with van der Waals surface area (Å²) >= 11 is 1.13. The third-order valence-corrected chi connectivity index (χ3v) is 4.55. The average Bonchev–Trinajstić information content (AvgIpc) is 2.70. The molecular weight excluding hydrogens is 416 g/mol. The fourth-order valence-corrected chi connectivity index (χ4v) is 2.93. The van der Waals surface area contributed by atoms with Crippen molar-refractivity contribution < 1.29 is 34.1 Å². The van der Waals surface area contributed by atoms with Gasteiger partial charge >= 0.3 is 11.9 Å². The van der Waals surface area contributed by atoms with Crippen molar-refractivity contribution in [2.75, 3.05) is 23.6 Å². The highest BCUT2D eigenvalue weighted by atomic mass is 32.2. The van der Waals surface area contributed by atoms with Crippen LogP contribution in [0.15, 0.2) is 24.3 Å². The number of carbonyl (C=O) groups excluding carboxylic acids is 2. The molecule has 0 fully saturated rings. The minimum absolute atomic E-state index is 0.0926. The first kappa shape index (κ1) is 25.0. The standard InChI is InChI=1S/C18H26N4O7S/c1-2-29-12-5-3-11(4-6-12)22-30-10-14(17(26)20-9-16(24)25)21-15(23)8-7-13(19)18(27)28/h3-6,13-14,22H,2,7-10,19H2,1H3,(H,20,26)(H,21,23)(H,24,25)(H,27,28)/t13-,14-/m0/s1. The predicted molar refractivity (Wildman–Crippen MR) is 111 cm³/mol. The van der Waals surface area contributed by atoms with E-state index in [9.17, 15) is 19.2 Å². The Kier molecular flexibility index (Phi) is 11.1. The van der Waals surface area contributed by atoms with E-state index < -0.39 is 42.4 Å². The van der Waals surface area contributed by atoms with Crippen molar-refractivity contribution >= 4 is 41.4 Å².